The SMILES string of the molecule is Cc1cn([C@H]2C[C@H](N(C)C)[C@@H](COC(=O)C(Cc3ccccc3)NOC(C)(C)C)O2)c(=O)[nH]c1=O. The Balaban J connectivity index is 1.70. The minimum absolute atomic E-state index is 0.0117. The first-order valence-corrected chi connectivity index (χ1v) is 11.7. The Morgan fingerprint density at radius 2 is 1.94 bits per heavy atom. The van der Waals surface area contributed by atoms with Gasteiger partial charge in [0.05, 0.1) is 5.60 Å². The first-order chi connectivity index (χ1) is 16.4. The molecule has 0 saturated carbocycles. The van der Waals surface area contributed by atoms with Crippen molar-refractivity contribution >= 4 is 5.97 Å². The van der Waals surface area contributed by atoms with Crippen molar-refractivity contribution in [3.63, 3.8) is 0 Å². The van der Waals surface area contributed by atoms with E-state index < -0.39 is 41.2 Å². The quantitative estimate of drug-likeness (QED) is 0.404. The molecule has 192 valence electrons. The summed E-state index contributed by atoms with van der Waals surface area (Å²) >= 11 is 0. The number of benzene rings is 1. The summed E-state index contributed by atoms with van der Waals surface area (Å²) in [6.07, 6.45) is 1.35. The van der Waals surface area contributed by atoms with Crippen molar-refractivity contribution in [1.82, 2.24) is 19.9 Å². The number of nitrogens with zero attached hydrogens (tertiary/aromatic N) is 2. The fourth-order valence-corrected chi connectivity index (χ4v) is 3.91. The van der Waals surface area contributed by atoms with E-state index in [1.54, 1.807) is 6.92 Å². The minimum atomic E-state index is -0.712. The number of nitrogens with one attached hydrogen (secondary N) is 2. The predicted octanol–water partition coefficient (Wildman–Crippen LogP) is 1.54. The number of hydrogen-bond donors (Lipinski definition) is 2. The molecular formula is C25H36N4O6. The number of aryl methyl sites for hydroxylation is 1. The van der Waals surface area contributed by atoms with Crippen LogP contribution in [0.5, 0.6) is 0 Å². The van der Waals surface area contributed by atoms with Crippen LogP contribution < -0.4 is 16.7 Å². The first kappa shape index (κ1) is 26.8. The average molecular weight is 489 g/mol. The highest BCUT2D eigenvalue weighted by molar-refractivity contribution is 5.76. The van der Waals surface area contributed by atoms with E-state index in [2.05, 4.69) is 10.5 Å². The van der Waals surface area contributed by atoms with Crippen molar-refractivity contribution < 1.29 is 19.1 Å². The van der Waals surface area contributed by atoms with Crippen LogP contribution in [0.3, 0.4) is 0 Å². The third-order valence-corrected chi connectivity index (χ3v) is 5.79. The summed E-state index contributed by atoms with van der Waals surface area (Å²) in [5, 5.41) is 0. The molecule has 1 fully saturated rings. The van der Waals surface area contributed by atoms with E-state index in [4.69, 9.17) is 14.3 Å². The maximum Gasteiger partial charge on any atom is 0.330 e. The van der Waals surface area contributed by atoms with Crippen LogP contribution in [0.1, 0.15) is 44.5 Å². The van der Waals surface area contributed by atoms with E-state index in [-0.39, 0.29) is 12.6 Å². The minimum Gasteiger partial charge on any atom is -0.462 e. The maximum atomic E-state index is 13.1. The Kier molecular flexibility index (Phi) is 8.65. The van der Waals surface area contributed by atoms with Crippen LogP contribution in [0.4, 0.5) is 0 Å². The van der Waals surface area contributed by atoms with Crippen LogP contribution in [-0.2, 0) is 25.5 Å². The molecule has 4 atom stereocenters. The Morgan fingerprint density at radius 3 is 2.57 bits per heavy atom. The number of likely N-dealkylation sites (N-methyl/N-ethyl adjacent to an activating group) is 1. The van der Waals surface area contributed by atoms with Crippen molar-refractivity contribution in [1.29, 1.82) is 0 Å². The monoisotopic (exact) mass is 488 g/mol. The molecule has 10 heteroatoms. The lowest BCUT2D eigenvalue weighted by Gasteiger charge is -2.26. The van der Waals surface area contributed by atoms with Gasteiger partial charge in [-0.25, -0.2) is 4.79 Å². The molecule has 1 aliphatic heterocycles. The smallest absolute Gasteiger partial charge is 0.330 e. The van der Waals surface area contributed by atoms with Crippen molar-refractivity contribution in [3.05, 3.63) is 68.5 Å². The topological polar surface area (TPSA) is 115 Å². The fraction of sp³-hybridized carbons (Fsp3) is 0.560. The number of ether oxygens (including phenoxy) is 2. The third-order valence-electron chi connectivity index (χ3n) is 5.79. The predicted molar refractivity (Wildman–Crippen MR) is 131 cm³/mol. The van der Waals surface area contributed by atoms with Crippen LogP contribution in [0.15, 0.2) is 46.1 Å². The molecule has 35 heavy (non-hydrogen) atoms. The Morgan fingerprint density at radius 1 is 1.26 bits per heavy atom. The van der Waals surface area contributed by atoms with E-state index in [1.807, 2.05) is 70.1 Å². The molecule has 0 spiro atoms. The zero-order valence-electron chi connectivity index (χ0n) is 21.2. The second-order valence-corrected chi connectivity index (χ2v) is 10.1. The molecule has 2 N–H and O–H groups in total. The highest BCUT2D eigenvalue weighted by Crippen LogP contribution is 2.30. The molecule has 1 aliphatic rings. The number of hydroxylamine groups is 1. The number of H-pyrrole nitrogens is 1. The first-order valence-electron chi connectivity index (χ1n) is 11.7. The summed E-state index contributed by atoms with van der Waals surface area (Å²) in [7, 11) is 3.81. The van der Waals surface area contributed by atoms with Gasteiger partial charge in [-0.2, -0.15) is 5.48 Å². The summed E-state index contributed by atoms with van der Waals surface area (Å²) < 4.78 is 13.2. The molecule has 0 radical (unpaired) electrons. The van der Waals surface area contributed by atoms with E-state index in [0.717, 1.165) is 5.56 Å². The molecule has 3 rings (SSSR count). The van der Waals surface area contributed by atoms with Crippen molar-refractivity contribution in [2.24, 2.45) is 0 Å². The normalized spacial score (nSPS) is 21.3. The van der Waals surface area contributed by atoms with Gasteiger partial charge in [-0.15, -0.1) is 0 Å². The third kappa shape index (κ3) is 7.35. The summed E-state index contributed by atoms with van der Waals surface area (Å²) in [6, 6.07) is 8.81. The second-order valence-electron chi connectivity index (χ2n) is 10.1. The van der Waals surface area contributed by atoms with Gasteiger partial charge in [-0.3, -0.25) is 24.0 Å². The molecule has 0 bridgehead atoms. The molecule has 1 aromatic heterocycles. The number of esters is 1. The number of aromatic nitrogens is 2. The van der Waals surface area contributed by atoms with Gasteiger partial charge in [0.25, 0.3) is 5.56 Å². The molecule has 1 unspecified atom stereocenters. The zero-order chi connectivity index (χ0) is 25.8. The molecule has 1 aromatic carbocycles. The van der Waals surface area contributed by atoms with Gasteiger partial charge >= 0.3 is 11.7 Å². The number of carbonyl (C=O) groups excluding carboxylic acids is 1. The highest BCUT2D eigenvalue weighted by Gasteiger charge is 2.39. The van der Waals surface area contributed by atoms with Crippen LogP contribution in [0, 0.1) is 6.92 Å². The van der Waals surface area contributed by atoms with Gasteiger partial charge in [0.2, 0.25) is 0 Å². The Hall–Kier alpha value is -2.79. The number of rotatable bonds is 9. The van der Waals surface area contributed by atoms with Crippen LogP contribution in [0.25, 0.3) is 0 Å². The van der Waals surface area contributed by atoms with Crippen LogP contribution in [0.2, 0.25) is 0 Å². The van der Waals surface area contributed by atoms with Crippen molar-refractivity contribution in [2.75, 3.05) is 20.7 Å². The zero-order valence-corrected chi connectivity index (χ0v) is 21.2. The Labute approximate surface area is 205 Å². The molecule has 0 amide bonds. The number of aromatic amines is 1. The van der Waals surface area contributed by atoms with E-state index in [1.165, 1.54) is 10.8 Å². The van der Waals surface area contributed by atoms with Gasteiger partial charge in [0.15, 0.2) is 0 Å². The van der Waals surface area contributed by atoms with Crippen LogP contribution >= 0.6 is 0 Å². The van der Waals surface area contributed by atoms with Crippen molar-refractivity contribution in [3.8, 4) is 0 Å². The summed E-state index contributed by atoms with van der Waals surface area (Å²) in [5.74, 6) is -0.459. The lowest BCUT2D eigenvalue weighted by atomic mass is 10.1. The van der Waals surface area contributed by atoms with Gasteiger partial charge < -0.3 is 14.4 Å². The molecule has 1 saturated heterocycles. The standard InChI is InChI=1S/C25H36N4O6/c1-16-14-29(24(32)26-22(16)30)21-13-19(28(5)6)20(34-21)15-33-23(31)18(27-35-25(2,3)4)12-17-10-8-7-9-11-17/h7-11,14,18-21,27H,12-13,15H2,1-6H3,(H,26,30,32)/t18?,19-,20+,21+/m0/s1. The summed E-state index contributed by atoms with van der Waals surface area (Å²) in [4.78, 5) is 47.1. The van der Waals surface area contributed by atoms with E-state index in [0.29, 0.717) is 18.4 Å². The van der Waals surface area contributed by atoms with Gasteiger partial charge in [-0.1, -0.05) is 30.3 Å². The molecule has 0 aliphatic carbocycles. The average Bonchev–Trinajstić information content (AvgIpc) is 3.22. The maximum absolute atomic E-state index is 13.1. The van der Waals surface area contributed by atoms with Gasteiger partial charge in [0, 0.05) is 30.6 Å². The molecule has 10 nitrogen and oxygen atoms in total. The van der Waals surface area contributed by atoms with Crippen molar-refractivity contribution in [2.45, 2.75) is 70.6 Å². The lowest BCUT2D eigenvalue weighted by molar-refractivity contribution is -0.161. The summed E-state index contributed by atoms with van der Waals surface area (Å²) in [5.41, 5.74) is 2.80. The van der Waals surface area contributed by atoms with Gasteiger partial charge in [0.1, 0.15) is 25.0 Å². The molecule has 2 aromatic rings. The Bertz CT molecular complexity index is 1110. The van der Waals surface area contributed by atoms with Crippen LogP contribution in [-0.4, -0.2) is 64.9 Å². The second kappa shape index (κ2) is 11.3. The van der Waals surface area contributed by atoms with E-state index in [9.17, 15) is 14.4 Å². The number of hydrogen-bond acceptors (Lipinski definition) is 8. The van der Waals surface area contributed by atoms with Gasteiger partial charge in [-0.05, 0) is 47.4 Å². The molecule has 2 heterocycles. The lowest BCUT2D eigenvalue weighted by Crippen LogP contribution is -2.45. The molecular weight excluding hydrogens is 452 g/mol. The van der Waals surface area contributed by atoms with E-state index >= 15 is 0 Å². The largest absolute Gasteiger partial charge is 0.462 e. The highest BCUT2D eigenvalue weighted by atomic mass is 16.7. The summed E-state index contributed by atoms with van der Waals surface area (Å²) in [6.45, 7) is 7.31. The number of carbonyl (C=O) groups is 1. The fourth-order valence-electron chi connectivity index (χ4n) is 3.91.